The summed E-state index contributed by atoms with van der Waals surface area (Å²) in [5.74, 6) is -0.00631. The second kappa shape index (κ2) is 14.6. The topological polar surface area (TPSA) is 149 Å². The van der Waals surface area contributed by atoms with Crippen LogP contribution < -0.4 is 19.7 Å². The molecule has 2 N–H and O–H groups in total. The van der Waals surface area contributed by atoms with E-state index in [1.807, 2.05) is 4.90 Å². The molecule has 4 heterocycles. The number of amides is 1. The third-order valence-electron chi connectivity index (χ3n) is 8.58. The van der Waals surface area contributed by atoms with E-state index in [1.54, 1.807) is 18.2 Å². The lowest BCUT2D eigenvalue weighted by Gasteiger charge is -2.43. The molecule has 0 radical (unpaired) electrons. The molecule has 254 valence electrons. The van der Waals surface area contributed by atoms with E-state index in [1.165, 1.54) is 36.4 Å². The zero-order valence-corrected chi connectivity index (χ0v) is 26.1. The molecule has 1 amide bonds. The number of hydrogen-bond donors (Lipinski definition) is 2. The first kappa shape index (κ1) is 33.2. The molecule has 0 spiro atoms. The van der Waals surface area contributed by atoms with Crippen LogP contribution >= 0.6 is 0 Å². The van der Waals surface area contributed by atoms with Gasteiger partial charge in [0.05, 0.1) is 37.1 Å². The molecule has 16 heteroatoms. The summed E-state index contributed by atoms with van der Waals surface area (Å²) in [7, 11) is 0. The fourth-order valence-electron chi connectivity index (χ4n) is 5.93. The van der Waals surface area contributed by atoms with E-state index in [0.29, 0.717) is 36.1 Å². The first-order valence-electron chi connectivity index (χ1n) is 15.6. The number of anilines is 3. The Morgan fingerprint density at radius 1 is 1.10 bits per heavy atom. The smallest absolute Gasteiger partial charge is 0.387 e. The van der Waals surface area contributed by atoms with Crippen LogP contribution in [0.2, 0.25) is 0 Å². The van der Waals surface area contributed by atoms with Crippen LogP contribution in [-0.4, -0.2) is 119 Å². The van der Waals surface area contributed by atoms with Gasteiger partial charge in [-0.2, -0.15) is 19.0 Å². The fraction of sp³-hybridized carbons (Fsp3) is 0.469. The van der Waals surface area contributed by atoms with Gasteiger partial charge in [0.1, 0.15) is 30.4 Å². The van der Waals surface area contributed by atoms with Crippen LogP contribution in [0.3, 0.4) is 0 Å². The van der Waals surface area contributed by atoms with Crippen molar-refractivity contribution in [3.05, 3.63) is 48.3 Å². The van der Waals surface area contributed by atoms with Crippen molar-refractivity contribution in [3.63, 3.8) is 0 Å². The van der Waals surface area contributed by atoms with Crippen LogP contribution in [0, 0.1) is 11.3 Å². The van der Waals surface area contributed by atoms with Crippen molar-refractivity contribution < 1.29 is 37.3 Å². The van der Waals surface area contributed by atoms with E-state index in [-0.39, 0.29) is 48.3 Å². The highest BCUT2D eigenvalue weighted by atomic mass is 19.3. The molecule has 0 saturated carbocycles. The number of rotatable bonds is 10. The predicted octanol–water partition coefficient (Wildman–Crippen LogP) is 2.97. The number of aromatic nitrogens is 3. The molecule has 0 bridgehead atoms. The first-order valence-corrected chi connectivity index (χ1v) is 15.6. The van der Waals surface area contributed by atoms with Gasteiger partial charge < -0.3 is 34.4 Å². The maximum atomic E-state index is 14.9. The quantitative estimate of drug-likeness (QED) is 0.327. The molecule has 0 aliphatic carbocycles. The Hall–Kier alpha value is -4.72. The van der Waals surface area contributed by atoms with E-state index >= 15 is 0 Å². The second-order valence-corrected chi connectivity index (χ2v) is 11.8. The molecule has 6 rings (SSSR count). The summed E-state index contributed by atoms with van der Waals surface area (Å²) in [5.41, 5.74) is 1.57. The van der Waals surface area contributed by atoms with Crippen molar-refractivity contribution in [1.29, 1.82) is 5.26 Å². The molecule has 3 saturated heterocycles. The number of benzene rings is 2. The minimum Gasteiger partial charge on any atom is -0.486 e. The third kappa shape index (κ3) is 7.53. The maximum Gasteiger partial charge on any atom is 0.387 e. The van der Waals surface area contributed by atoms with Gasteiger partial charge in [0.25, 0.3) is 5.91 Å². The number of ether oxygens (including phenoxy) is 3. The summed E-state index contributed by atoms with van der Waals surface area (Å²) in [6, 6.07) is 12.0. The Morgan fingerprint density at radius 2 is 1.90 bits per heavy atom. The van der Waals surface area contributed by atoms with Crippen molar-refractivity contribution >= 4 is 23.2 Å². The monoisotopic (exact) mass is 668 g/mol. The summed E-state index contributed by atoms with van der Waals surface area (Å²) >= 11 is 0. The molecule has 3 aliphatic heterocycles. The number of aliphatic hydroxyl groups excluding tert-OH is 1. The summed E-state index contributed by atoms with van der Waals surface area (Å²) in [6.07, 6.45) is -2.16. The Bertz CT molecular complexity index is 1650. The number of nitriles is 1. The largest absolute Gasteiger partial charge is 0.486 e. The number of carbonyl (C=O) groups is 1. The van der Waals surface area contributed by atoms with Crippen molar-refractivity contribution in [2.75, 3.05) is 62.7 Å². The highest BCUT2D eigenvalue weighted by Crippen LogP contribution is 2.35. The van der Waals surface area contributed by atoms with Crippen LogP contribution in [-0.2, 0) is 9.53 Å². The van der Waals surface area contributed by atoms with E-state index in [0.717, 1.165) is 26.3 Å². The van der Waals surface area contributed by atoms with Crippen LogP contribution in [0.15, 0.2) is 42.7 Å². The van der Waals surface area contributed by atoms with Crippen LogP contribution in [0.25, 0.3) is 11.4 Å². The molecule has 13 nitrogen and oxygen atoms in total. The zero-order valence-electron chi connectivity index (χ0n) is 26.1. The molecule has 3 aliphatic rings. The number of piperazine rings is 1. The number of alkyl halides is 3. The average molecular weight is 669 g/mol. The molecular formula is C32H35F3N8O5. The predicted molar refractivity (Wildman–Crippen MR) is 167 cm³/mol. The number of nitrogens with zero attached hydrogens (tertiary/aromatic N) is 7. The number of piperidine rings is 1. The number of aliphatic hydroxyl groups is 1. The highest BCUT2D eigenvalue weighted by Gasteiger charge is 2.35. The van der Waals surface area contributed by atoms with Crippen LogP contribution in [0.5, 0.6) is 11.5 Å². The van der Waals surface area contributed by atoms with Gasteiger partial charge in [-0.25, -0.2) is 14.4 Å². The van der Waals surface area contributed by atoms with Gasteiger partial charge >= 0.3 is 6.61 Å². The number of halogens is 3. The summed E-state index contributed by atoms with van der Waals surface area (Å²) < 4.78 is 57.8. The van der Waals surface area contributed by atoms with Crippen molar-refractivity contribution in [1.82, 2.24) is 24.8 Å². The van der Waals surface area contributed by atoms with E-state index in [2.05, 4.69) is 31.2 Å². The number of nitrogens with one attached hydrogen (secondary N) is 1. The van der Waals surface area contributed by atoms with Crippen molar-refractivity contribution in [2.24, 2.45) is 0 Å². The second-order valence-electron chi connectivity index (χ2n) is 11.8. The lowest BCUT2D eigenvalue weighted by molar-refractivity contribution is -0.143. The Balaban J connectivity index is 1.13. The zero-order chi connectivity index (χ0) is 33.8. The normalized spacial score (nSPS) is 20.9. The molecule has 3 atom stereocenters. The number of likely N-dealkylation sites (tertiary alicyclic amines) is 1. The van der Waals surface area contributed by atoms with Gasteiger partial charge in [0, 0.05) is 56.5 Å². The summed E-state index contributed by atoms with van der Waals surface area (Å²) in [5, 5.41) is 22.4. The molecule has 1 aromatic heterocycles. The molecule has 48 heavy (non-hydrogen) atoms. The van der Waals surface area contributed by atoms with Gasteiger partial charge in [0.2, 0.25) is 5.95 Å². The Morgan fingerprint density at radius 3 is 2.56 bits per heavy atom. The van der Waals surface area contributed by atoms with Gasteiger partial charge in [-0.3, -0.25) is 9.69 Å². The van der Waals surface area contributed by atoms with Gasteiger partial charge in [-0.1, -0.05) is 0 Å². The van der Waals surface area contributed by atoms with Crippen molar-refractivity contribution in [3.8, 4) is 29.0 Å². The number of hydrogen-bond acceptors (Lipinski definition) is 12. The molecular weight excluding hydrogens is 633 g/mol. The molecule has 1 unspecified atom stereocenters. The van der Waals surface area contributed by atoms with E-state index in [9.17, 15) is 28.3 Å². The first-order chi connectivity index (χ1) is 23.2. The van der Waals surface area contributed by atoms with Crippen LogP contribution in [0.4, 0.5) is 30.5 Å². The van der Waals surface area contributed by atoms with Crippen molar-refractivity contribution in [2.45, 2.75) is 44.4 Å². The third-order valence-corrected chi connectivity index (χ3v) is 8.58. The minimum atomic E-state index is -3.01. The maximum absolute atomic E-state index is 14.9. The molecule has 2 aromatic carbocycles. The van der Waals surface area contributed by atoms with E-state index in [4.69, 9.17) is 14.2 Å². The number of carbonyl (C=O) groups excluding carboxylic acids is 1. The van der Waals surface area contributed by atoms with Gasteiger partial charge in [-0.15, -0.1) is 0 Å². The SMILES string of the molecule is CC(O)C(=O)N1CC[C@H](Oc2ccc(-c3ncnc(Nc4ccc(N5CCN(C6COC6)CC5)c(OC(F)F)c4)n3)cc2C#N)[C@H](F)C1. The van der Waals surface area contributed by atoms with Crippen LogP contribution in [0.1, 0.15) is 18.9 Å². The average Bonchev–Trinajstić information content (AvgIpc) is 3.05. The Labute approximate surface area is 274 Å². The van der Waals surface area contributed by atoms with Gasteiger partial charge in [0.15, 0.2) is 17.7 Å². The molecule has 3 aromatic rings. The minimum absolute atomic E-state index is 0.0229. The lowest BCUT2D eigenvalue weighted by Crippen LogP contribution is -2.56. The highest BCUT2D eigenvalue weighted by molar-refractivity contribution is 5.80. The summed E-state index contributed by atoms with van der Waals surface area (Å²) in [6.45, 7) is 2.64. The standard InChI is InChI=1S/C32H35F3N8O5/c1-19(44)30(45)43-7-6-27(24(33)15-43)47-26-5-2-20(12-21(26)14-36)29-37-18-38-32(40-29)39-22-3-4-25(28(13-22)48-31(34)35)42-10-8-41(9-11-42)23-16-46-17-23/h2-5,12-13,18-19,23-24,27,31,44H,6-11,15-17H2,1H3,(H,37,38,39,40)/t19?,24-,27+/m1/s1. The molecule has 3 fully saturated rings. The lowest BCUT2D eigenvalue weighted by atomic mass is 10.0. The Kier molecular flexibility index (Phi) is 10.1. The van der Waals surface area contributed by atoms with E-state index < -0.39 is 30.9 Å². The van der Waals surface area contributed by atoms with Gasteiger partial charge in [-0.05, 0) is 37.3 Å². The fourth-order valence-corrected chi connectivity index (χ4v) is 5.93. The summed E-state index contributed by atoms with van der Waals surface area (Å²) in [4.78, 5) is 30.5.